The standard InChI is InChI=1S/C39H59N5O7/c1-8-12-28(32(46)36(48)40-27-15-16-27)41-35(47)30-21-39(20-29(43-51-39)26-17-23(2)33(50-7)24(3)18-26)22-44(30)37(49)34(38(4,5)6)42-31(45)19-25-13-10-9-11-14-25/h17-18,20,25,27-28,30,32,34,43,46H,8-16,19,21-22H2,1-7H3,(H,40,48)(H,41,47)(H,42,45)/t28-,30-,32?,34+,39+/m0/s1. The van der Waals surface area contributed by atoms with Crippen LogP contribution in [0, 0.1) is 25.2 Å². The Morgan fingerprint density at radius 3 is 2.31 bits per heavy atom. The molecule has 2 aliphatic heterocycles. The molecule has 5 atom stereocenters. The van der Waals surface area contributed by atoms with Crippen LogP contribution < -0.4 is 26.2 Å². The first-order valence-corrected chi connectivity index (χ1v) is 18.9. The van der Waals surface area contributed by atoms with E-state index in [1.54, 1.807) is 7.11 Å². The molecule has 51 heavy (non-hydrogen) atoms. The monoisotopic (exact) mass is 709 g/mol. The third-order valence-electron chi connectivity index (χ3n) is 10.8. The molecule has 2 aliphatic carbocycles. The van der Waals surface area contributed by atoms with E-state index in [0.29, 0.717) is 30.9 Å². The van der Waals surface area contributed by atoms with Crippen molar-refractivity contribution < 1.29 is 33.9 Å². The number of hydrogen-bond acceptors (Lipinski definition) is 8. The maximum Gasteiger partial charge on any atom is 0.251 e. The number of hydroxylamine groups is 1. The molecule has 4 amide bonds. The number of hydrogen-bond donors (Lipinski definition) is 5. The van der Waals surface area contributed by atoms with Gasteiger partial charge in [-0.05, 0) is 86.6 Å². The van der Waals surface area contributed by atoms with Gasteiger partial charge < -0.3 is 30.7 Å². The van der Waals surface area contributed by atoms with Crippen LogP contribution >= 0.6 is 0 Å². The Hall–Kier alpha value is -3.64. The van der Waals surface area contributed by atoms with E-state index in [2.05, 4.69) is 21.4 Å². The summed E-state index contributed by atoms with van der Waals surface area (Å²) in [6.45, 7) is 11.6. The predicted molar refractivity (Wildman–Crippen MR) is 194 cm³/mol. The van der Waals surface area contributed by atoms with Crippen molar-refractivity contribution >= 4 is 29.3 Å². The quantitative estimate of drug-likeness (QED) is 0.206. The summed E-state index contributed by atoms with van der Waals surface area (Å²) in [6.07, 6.45) is 9.15. The summed E-state index contributed by atoms with van der Waals surface area (Å²) in [5.41, 5.74) is 4.85. The van der Waals surface area contributed by atoms with Gasteiger partial charge in [0.15, 0.2) is 6.10 Å². The molecule has 0 aromatic heterocycles. The highest BCUT2D eigenvalue weighted by molar-refractivity contribution is 5.94. The van der Waals surface area contributed by atoms with E-state index in [1.807, 2.05) is 59.8 Å². The first kappa shape index (κ1) is 38.6. The Kier molecular flexibility index (Phi) is 12.1. The second-order valence-corrected chi connectivity index (χ2v) is 16.4. The number of nitrogens with one attached hydrogen (secondary N) is 4. The molecule has 282 valence electrons. The Bertz CT molecular complexity index is 1470. The minimum atomic E-state index is -1.44. The van der Waals surface area contributed by atoms with Gasteiger partial charge in [0.2, 0.25) is 17.7 Å². The molecule has 1 aromatic rings. The van der Waals surface area contributed by atoms with Gasteiger partial charge in [-0.1, -0.05) is 53.4 Å². The molecule has 0 radical (unpaired) electrons. The highest BCUT2D eigenvalue weighted by Crippen LogP contribution is 2.40. The highest BCUT2D eigenvalue weighted by atomic mass is 16.7. The van der Waals surface area contributed by atoms with Crippen molar-refractivity contribution in [2.75, 3.05) is 13.7 Å². The minimum Gasteiger partial charge on any atom is -0.496 e. The fourth-order valence-corrected chi connectivity index (χ4v) is 7.88. The molecular weight excluding hydrogens is 650 g/mol. The topological polar surface area (TPSA) is 158 Å². The summed E-state index contributed by atoms with van der Waals surface area (Å²) in [4.78, 5) is 63.0. The molecule has 1 spiro atoms. The number of aryl methyl sites for hydroxylation is 2. The summed E-state index contributed by atoms with van der Waals surface area (Å²) in [5.74, 6) is -0.438. The van der Waals surface area contributed by atoms with Gasteiger partial charge in [-0.15, -0.1) is 0 Å². The second kappa shape index (κ2) is 15.9. The Labute approximate surface area is 302 Å². The lowest BCUT2D eigenvalue weighted by molar-refractivity contribution is -0.145. The van der Waals surface area contributed by atoms with Crippen molar-refractivity contribution in [3.8, 4) is 5.75 Å². The molecule has 5 rings (SSSR count). The number of ether oxygens (including phenoxy) is 1. The molecule has 12 nitrogen and oxygen atoms in total. The molecular formula is C39H59N5O7. The van der Waals surface area contributed by atoms with Gasteiger partial charge in [-0.25, -0.2) is 0 Å². The van der Waals surface area contributed by atoms with Gasteiger partial charge >= 0.3 is 0 Å². The van der Waals surface area contributed by atoms with E-state index >= 15 is 0 Å². The predicted octanol–water partition coefficient (Wildman–Crippen LogP) is 3.95. The van der Waals surface area contributed by atoms with Gasteiger partial charge in [-0.3, -0.25) is 29.5 Å². The number of carbonyl (C=O) groups is 4. The summed E-state index contributed by atoms with van der Waals surface area (Å²) in [6, 6.07) is 1.31. The van der Waals surface area contributed by atoms with Gasteiger partial charge in [0, 0.05) is 24.4 Å². The number of likely N-dealkylation sites (tertiary alicyclic amines) is 1. The van der Waals surface area contributed by atoms with Crippen LogP contribution in [0.2, 0.25) is 0 Å². The van der Waals surface area contributed by atoms with E-state index in [4.69, 9.17) is 9.57 Å². The maximum atomic E-state index is 14.7. The third-order valence-corrected chi connectivity index (χ3v) is 10.8. The summed E-state index contributed by atoms with van der Waals surface area (Å²) in [5, 5.41) is 19.8. The Morgan fingerprint density at radius 2 is 1.73 bits per heavy atom. The Morgan fingerprint density at radius 1 is 1.06 bits per heavy atom. The van der Waals surface area contributed by atoms with Crippen LogP contribution in [0.1, 0.15) is 115 Å². The highest BCUT2D eigenvalue weighted by Gasteiger charge is 2.54. The number of rotatable bonds is 13. The molecule has 2 heterocycles. The first-order chi connectivity index (χ1) is 24.1. The van der Waals surface area contributed by atoms with Crippen LogP contribution in [0.5, 0.6) is 5.75 Å². The van der Waals surface area contributed by atoms with Crippen LogP contribution in [-0.2, 0) is 24.0 Å². The van der Waals surface area contributed by atoms with Gasteiger partial charge in [0.25, 0.3) is 5.91 Å². The second-order valence-electron chi connectivity index (χ2n) is 16.4. The molecule has 3 fully saturated rings. The Balaban J connectivity index is 1.43. The number of nitrogens with zero attached hydrogens (tertiary/aromatic N) is 1. The molecule has 4 aliphatic rings. The van der Waals surface area contributed by atoms with Crippen molar-refractivity contribution in [2.24, 2.45) is 11.3 Å². The molecule has 12 heteroatoms. The van der Waals surface area contributed by atoms with Crippen LogP contribution in [0.3, 0.4) is 0 Å². The zero-order valence-electron chi connectivity index (χ0n) is 31.5. The molecule has 1 aromatic carbocycles. The maximum absolute atomic E-state index is 14.7. The van der Waals surface area contributed by atoms with E-state index in [9.17, 15) is 24.3 Å². The molecule has 2 saturated carbocycles. The van der Waals surface area contributed by atoms with E-state index < -0.39 is 47.1 Å². The number of aliphatic hydroxyl groups is 1. The minimum absolute atomic E-state index is 0.0573. The summed E-state index contributed by atoms with van der Waals surface area (Å²) >= 11 is 0. The number of carbonyl (C=O) groups excluding carboxylic acids is 4. The van der Waals surface area contributed by atoms with Gasteiger partial charge in [-0.2, -0.15) is 0 Å². The smallest absolute Gasteiger partial charge is 0.251 e. The summed E-state index contributed by atoms with van der Waals surface area (Å²) in [7, 11) is 1.64. The third kappa shape index (κ3) is 9.24. The number of benzene rings is 1. The van der Waals surface area contributed by atoms with E-state index in [1.165, 1.54) is 11.3 Å². The zero-order valence-corrected chi connectivity index (χ0v) is 31.5. The fourth-order valence-electron chi connectivity index (χ4n) is 7.88. The fraction of sp³-hybridized carbons (Fsp3) is 0.692. The molecule has 0 bridgehead atoms. The van der Waals surface area contributed by atoms with Crippen molar-refractivity contribution in [1.82, 2.24) is 26.3 Å². The average Bonchev–Trinajstić information content (AvgIpc) is 3.67. The molecule has 5 N–H and O–H groups in total. The molecule has 1 saturated heterocycles. The van der Waals surface area contributed by atoms with E-state index in [-0.39, 0.29) is 30.8 Å². The zero-order chi connectivity index (χ0) is 37.1. The SMILES string of the molecule is CCC[C@H](NC(=O)[C@@H]1C[C@]2(C=C(c3cc(C)c(OC)c(C)c3)NO2)CN1C(=O)[C@@H](NC(=O)CC1CCCCC1)C(C)(C)C)C(O)C(=O)NC1CC1. The van der Waals surface area contributed by atoms with Gasteiger partial charge in [0.1, 0.15) is 23.4 Å². The van der Waals surface area contributed by atoms with Crippen molar-refractivity contribution in [3.63, 3.8) is 0 Å². The molecule has 1 unspecified atom stereocenters. The normalized spacial score (nSPS) is 24.0. The van der Waals surface area contributed by atoms with E-state index in [0.717, 1.165) is 61.0 Å². The largest absolute Gasteiger partial charge is 0.496 e. The van der Waals surface area contributed by atoms with Crippen molar-refractivity contribution in [2.45, 2.75) is 148 Å². The lowest BCUT2D eigenvalue weighted by atomic mass is 9.84. The number of aliphatic hydroxyl groups excluding tert-OH is 1. The first-order valence-electron chi connectivity index (χ1n) is 18.9. The van der Waals surface area contributed by atoms with Crippen LogP contribution in [0.15, 0.2) is 18.2 Å². The average molecular weight is 710 g/mol. The lowest BCUT2D eigenvalue weighted by Gasteiger charge is -2.36. The lowest BCUT2D eigenvalue weighted by Crippen LogP contribution is -2.59. The number of amides is 4. The van der Waals surface area contributed by atoms with Crippen molar-refractivity contribution in [3.05, 3.63) is 34.9 Å². The van der Waals surface area contributed by atoms with Crippen LogP contribution in [0.25, 0.3) is 5.70 Å². The number of methoxy groups -OCH3 is 1. The van der Waals surface area contributed by atoms with Crippen molar-refractivity contribution in [1.29, 1.82) is 0 Å². The van der Waals surface area contributed by atoms with Gasteiger partial charge in [0.05, 0.1) is 25.4 Å². The summed E-state index contributed by atoms with van der Waals surface area (Å²) < 4.78 is 5.56. The van der Waals surface area contributed by atoms with Crippen LogP contribution in [-0.4, -0.2) is 83.2 Å². The van der Waals surface area contributed by atoms with Crippen LogP contribution in [0.4, 0.5) is 0 Å².